The van der Waals surface area contributed by atoms with Gasteiger partial charge in [-0.15, -0.1) is 0 Å². The molecule has 0 heterocycles. The van der Waals surface area contributed by atoms with Crippen LogP contribution in [0.1, 0.15) is 62.2 Å². The number of halogens is 1. The zero-order valence-electron chi connectivity index (χ0n) is 13.1. The number of amides is 2. The Bertz CT molecular complexity index is 474. The van der Waals surface area contributed by atoms with Crippen LogP contribution in [0.2, 0.25) is 0 Å². The van der Waals surface area contributed by atoms with E-state index in [2.05, 4.69) is 12.2 Å². The lowest BCUT2D eigenvalue weighted by atomic mass is 10.0. The van der Waals surface area contributed by atoms with Crippen LogP contribution in [0.5, 0.6) is 0 Å². The van der Waals surface area contributed by atoms with Crippen LogP contribution in [0.25, 0.3) is 0 Å². The zero-order chi connectivity index (χ0) is 16.4. The van der Waals surface area contributed by atoms with Crippen molar-refractivity contribution >= 4 is 11.8 Å². The molecule has 0 aliphatic heterocycles. The van der Waals surface area contributed by atoms with Gasteiger partial charge >= 0.3 is 0 Å². The zero-order valence-corrected chi connectivity index (χ0v) is 13.1. The first-order valence-electron chi connectivity index (χ1n) is 7.90. The number of nitrogens with one attached hydrogen (secondary N) is 1. The van der Waals surface area contributed by atoms with Gasteiger partial charge in [-0.1, -0.05) is 45.4 Å². The molecule has 22 heavy (non-hydrogen) atoms. The van der Waals surface area contributed by atoms with Gasteiger partial charge in [0.15, 0.2) is 0 Å². The Balaban J connectivity index is 2.41. The first-order chi connectivity index (χ1) is 10.5. The van der Waals surface area contributed by atoms with Crippen molar-refractivity contribution < 1.29 is 14.0 Å². The molecule has 0 aromatic heterocycles. The molecule has 0 spiro atoms. The van der Waals surface area contributed by atoms with Crippen LogP contribution in [-0.4, -0.2) is 17.9 Å². The van der Waals surface area contributed by atoms with E-state index in [1.807, 2.05) is 0 Å². The summed E-state index contributed by atoms with van der Waals surface area (Å²) in [6, 6.07) is 4.51. The standard InChI is InChI=1S/C17H25FN2O2/c1-2-3-4-5-6-7-8-15(16(19)21)20-17(22)13-9-11-14(18)12-10-13/h9-12,15H,2-8H2,1H3,(H2,19,21)(H,20,22)/t15-/m1/s1. The number of primary amides is 1. The molecule has 1 aromatic rings. The number of carbonyl (C=O) groups is 2. The Kier molecular flexibility index (Phi) is 8.18. The van der Waals surface area contributed by atoms with E-state index < -0.39 is 23.7 Å². The van der Waals surface area contributed by atoms with Crippen LogP contribution in [0.15, 0.2) is 24.3 Å². The molecule has 0 aliphatic carbocycles. The van der Waals surface area contributed by atoms with E-state index >= 15 is 0 Å². The Morgan fingerprint density at radius 1 is 1.09 bits per heavy atom. The van der Waals surface area contributed by atoms with Gasteiger partial charge in [-0.3, -0.25) is 9.59 Å². The lowest BCUT2D eigenvalue weighted by Gasteiger charge is -2.15. The second kappa shape index (κ2) is 9.92. The molecule has 122 valence electrons. The van der Waals surface area contributed by atoms with Gasteiger partial charge in [0.25, 0.3) is 5.91 Å². The van der Waals surface area contributed by atoms with Gasteiger partial charge in [-0.25, -0.2) is 4.39 Å². The second-order valence-electron chi connectivity index (χ2n) is 5.49. The van der Waals surface area contributed by atoms with Crippen molar-refractivity contribution in [3.8, 4) is 0 Å². The second-order valence-corrected chi connectivity index (χ2v) is 5.49. The topological polar surface area (TPSA) is 72.2 Å². The highest BCUT2D eigenvalue weighted by molar-refractivity contribution is 5.97. The van der Waals surface area contributed by atoms with Crippen LogP contribution in [0, 0.1) is 5.82 Å². The van der Waals surface area contributed by atoms with E-state index in [1.54, 1.807) is 0 Å². The highest BCUT2D eigenvalue weighted by atomic mass is 19.1. The van der Waals surface area contributed by atoms with E-state index in [9.17, 15) is 14.0 Å². The average molecular weight is 308 g/mol. The third kappa shape index (κ3) is 6.70. The molecule has 5 heteroatoms. The van der Waals surface area contributed by atoms with Crippen molar-refractivity contribution in [2.75, 3.05) is 0 Å². The number of benzene rings is 1. The average Bonchev–Trinajstić information content (AvgIpc) is 2.49. The first-order valence-corrected chi connectivity index (χ1v) is 7.90. The predicted octanol–water partition coefficient (Wildman–Crippen LogP) is 3.16. The maximum Gasteiger partial charge on any atom is 0.251 e. The van der Waals surface area contributed by atoms with Crippen molar-refractivity contribution in [1.29, 1.82) is 0 Å². The Morgan fingerprint density at radius 3 is 2.27 bits per heavy atom. The number of nitrogens with two attached hydrogens (primary N) is 1. The molecule has 1 rings (SSSR count). The fourth-order valence-electron chi connectivity index (χ4n) is 2.26. The van der Waals surface area contributed by atoms with Gasteiger partial charge in [0.1, 0.15) is 11.9 Å². The molecule has 0 unspecified atom stereocenters. The Hall–Kier alpha value is -1.91. The molecular formula is C17H25FN2O2. The maximum atomic E-state index is 12.8. The lowest BCUT2D eigenvalue weighted by molar-refractivity contribution is -0.120. The number of carbonyl (C=O) groups excluding carboxylic acids is 2. The molecule has 0 fully saturated rings. The third-order valence-corrected chi connectivity index (χ3v) is 3.60. The minimum Gasteiger partial charge on any atom is -0.368 e. The number of unbranched alkanes of at least 4 members (excludes halogenated alkanes) is 5. The van der Waals surface area contributed by atoms with Crippen molar-refractivity contribution in [3.05, 3.63) is 35.6 Å². The molecular weight excluding hydrogens is 283 g/mol. The quantitative estimate of drug-likeness (QED) is 0.652. The van der Waals surface area contributed by atoms with Crippen LogP contribution in [0.4, 0.5) is 4.39 Å². The van der Waals surface area contributed by atoms with Crippen molar-refractivity contribution in [1.82, 2.24) is 5.32 Å². The number of hydrogen-bond donors (Lipinski definition) is 2. The summed E-state index contributed by atoms with van der Waals surface area (Å²) in [4.78, 5) is 23.4. The minimum absolute atomic E-state index is 0.315. The summed E-state index contributed by atoms with van der Waals surface area (Å²) in [6.07, 6.45) is 7.15. The van der Waals surface area contributed by atoms with Crippen LogP contribution in [0.3, 0.4) is 0 Å². The predicted molar refractivity (Wildman–Crippen MR) is 84.8 cm³/mol. The van der Waals surface area contributed by atoms with Gasteiger partial charge in [0.2, 0.25) is 5.91 Å². The SMILES string of the molecule is CCCCCCCC[C@@H](NC(=O)c1ccc(F)cc1)C(N)=O. The van der Waals surface area contributed by atoms with Gasteiger partial charge in [-0.2, -0.15) is 0 Å². The van der Waals surface area contributed by atoms with Crippen LogP contribution < -0.4 is 11.1 Å². The largest absolute Gasteiger partial charge is 0.368 e. The van der Waals surface area contributed by atoms with Gasteiger partial charge in [0, 0.05) is 5.56 Å². The van der Waals surface area contributed by atoms with E-state index in [4.69, 9.17) is 5.73 Å². The van der Waals surface area contributed by atoms with Gasteiger partial charge in [-0.05, 0) is 30.7 Å². The highest BCUT2D eigenvalue weighted by Gasteiger charge is 2.18. The van der Waals surface area contributed by atoms with E-state index in [0.717, 1.165) is 19.3 Å². The molecule has 0 bridgehead atoms. The summed E-state index contributed by atoms with van der Waals surface area (Å²) in [5.41, 5.74) is 5.65. The summed E-state index contributed by atoms with van der Waals surface area (Å²) in [5.74, 6) is -1.35. The van der Waals surface area contributed by atoms with Gasteiger partial charge < -0.3 is 11.1 Å². The molecule has 4 nitrogen and oxygen atoms in total. The minimum atomic E-state index is -0.677. The van der Waals surface area contributed by atoms with Crippen molar-refractivity contribution in [2.24, 2.45) is 5.73 Å². The smallest absolute Gasteiger partial charge is 0.251 e. The molecule has 1 aromatic carbocycles. The Labute approximate surface area is 131 Å². The normalized spacial score (nSPS) is 11.9. The molecule has 0 saturated carbocycles. The van der Waals surface area contributed by atoms with Crippen molar-refractivity contribution in [3.63, 3.8) is 0 Å². The first kappa shape index (κ1) is 18.1. The summed E-state index contributed by atoms with van der Waals surface area (Å²) >= 11 is 0. The molecule has 0 aliphatic rings. The van der Waals surface area contributed by atoms with Crippen LogP contribution >= 0.6 is 0 Å². The highest BCUT2D eigenvalue weighted by Crippen LogP contribution is 2.09. The Morgan fingerprint density at radius 2 is 1.68 bits per heavy atom. The summed E-state index contributed by atoms with van der Waals surface area (Å²) < 4.78 is 12.8. The molecule has 2 amide bonds. The van der Waals surface area contributed by atoms with E-state index in [-0.39, 0.29) is 0 Å². The van der Waals surface area contributed by atoms with Gasteiger partial charge in [0.05, 0.1) is 0 Å². The molecule has 1 atom stereocenters. The fraction of sp³-hybridized carbons (Fsp3) is 0.529. The van der Waals surface area contributed by atoms with E-state index in [0.29, 0.717) is 12.0 Å². The van der Waals surface area contributed by atoms with E-state index in [1.165, 1.54) is 43.5 Å². The third-order valence-electron chi connectivity index (χ3n) is 3.60. The van der Waals surface area contributed by atoms with Crippen LogP contribution in [-0.2, 0) is 4.79 Å². The molecule has 3 N–H and O–H groups in total. The molecule has 0 radical (unpaired) electrons. The summed E-state index contributed by atoms with van der Waals surface area (Å²) in [5, 5.41) is 2.62. The maximum absolute atomic E-state index is 12.8. The van der Waals surface area contributed by atoms with Crippen molar-refractivity contribution in [2.45, 2.75) is 57.9 Å². The summed E-state index contributed by atoms with van der Waals surface area (Å²) in [6.45, 7) is 2.16. The monoisotopic (exact) mass is 308 g/mol. The number of rotatable bonds is 10. The number of hydrogen-bond acceptors (Lipinski definition) is 2. The lowest BCUT2D eigenvalue weighted by Crippen LogP contribution is -2.44. The fourth-order valence-corrected chi connectivity index (χ4v) is 2.26. The molecule has 0 saturated heterocycles. The summed E-state index contributed by atoms with van der Waals surface area (Å²) in [7, 11) is 0.